The number of hydrogen-bond acceptors (Lipinski definition) is 6. The van der Waals surface area contributed by atoms with E-state index in [2.05, 4.69) is 15.0 Å². The van der Waals surface area contributed by atoms with Crippen LogP contribution in [0, 0.1) is 0 Å². The minimum atomic E-state index is -3.50. The number of benzene rings is 2. The Morgan fingerprint density at radius 1 is 0.966 bits per heavy atom. The van der Waals surface area contributed by atoms with Crippen LogP contribution in [0.25, 0.3) is 10.9 Å². The molecule has 0 saturated carbocycles. The predicted molar refractivity (Wildman–Crippen MR) is 111 cm³/mol. The Morgan fingerprint density at radius 2 is 1.62 bits per heavy atom. The standard InChI is InChI=1S/C19H21N3O6S/c1-26-15-10-16(27-2)18(28-3)17-11(15)9-14(20-17)19(23)21-12-7-5-6-8-13(12)22-29(4,24)25/h5-10,20,22H,1-4H3,(H,21,23). The van der Waals surface area contributed by atoms with Crippen LogP contribution in [0.5, 0.6) is 17.2 Å². The van der Waals surface area contributed by atoms with E-state index >= 15 is 0 Å². The number of anilines is 2. The molecule has 9 nitrogen and oxygen atoms in total. The molecular weight excluding hydrogens is 398 g/mol. The molecule has 3 rings (SSSR count). The fourth-order valence-electron chi connectivity index (χ4n) is 2.93. The lowest BCUT2D eigenvalue weighted by atomic mass is 10.2. The smallest absolute Gasteiger partial charge is 0.272 e. The minimum absolute atomic E-state index is 0.235. The predicted octanol–water partition coefficient (Wildman–Crippen LogP) is 2.82. The lowest BCUT2D eigenvalue weighted by molar-refractivity contribution is 0.102. The Hall–Kier alpha value is -3.40. The van der Waals surface area contributed by atoms with Gasteiger partial charge >= 0.3 is 0 Å². The molecule has 2 aromatic carbocycles. The molecule has 0 aliphatic carbocycles. The van der Waals surface area contributed by atoms with Crippen LogP contribution in [0.1, 0.15) is 10.5 Å². The van der Waals surface area contributed by atoms with Gasteiger partial charge in [-0.2, -0.15) is 0 Å². The molecule has 0 spiro atoms. The zero-order valence-corrected chi connectivity index (χ0v) is 17.1. The maximum Gasteiger partial charge on any atom is 0.272 e. The lowest BCUT2D eigenvalue weighted by Gasteiger charge is -2.11. The van der Waals surface area contributed by atoms with Gasteiger partial charge in [-0.15, -0.1) is 0 Å². The zero-order chi connectivity index (χ0) is 21.2. The molecular formula is C19H21N3O6S. The summed E-state index contributed by atoms with van der Waals surface area (Å²) in [5.41, 5.74) is 1.35. The van der Waals surface area contributed by atoms with Gasteiger partial charge in [0.15, 0.2) is 11.5 Å². The van der Waals surface area contributed by atoms with Crippen LogP contribution < -0.4 is 24.2 Å². The summed E-state index contributed by atoms with van der Waals surface area (Å²) in [7, 11) is 1.01. The van der Waals surface area contributed by atoms with Crippen LogP contribution in [0.2, 0.25) is 0 Å². The first kappa shape index (κ1) is 20.3. The summed E-state index contributed by atoms with van der Waals surface area (Å²) in [4.78, 5) is 15.8. The highest BCUT2D eigenvalue weighted by atomic mass is 32.2. The van der Waals surface area contributed by atoms with Crippen molar-refractivity contribution in [3.8, 4) is 17.2 Å². The molecule has 10 heteroatoms. The van der Waals surface area contributed by atoms with Crippen molar-refractivity contribution in [3.63, 3.8) is 0 Å². The molecule has 0 bridgehead atoms. The number of ether oxygens (including phenoxy) is 3. The molecule has 3 aromatic rings. The Morgan fingerprint density at radius 3 is 2.21 bits per heavy atom. The average Bonchev–Trinajstić information content (AvgIpc) is 3.12. The number of aromatic nitrogens is 1. The number of methoxy groups -OCH3 is 3. The fourth-order valence-corrected chi connectivity index (χ4v) is 3.51. The van der Waals surface area contributed by atoms with Gasteiger partial charge in [-0.05, 0) is 18.2 Å². The van der Waals surface area contributed by atoms with Gasteiger partial charge in [0.1, 0.15) is 11.4 Å². The summed E-state index contributed by atoms with van der Waals surface area (Å²) in [5, 5.41) is 3.34. The molecule has 0 fully saturated rings. The number of rotatable bonds is 7. The second-order valence-corrected chi connectivity index (χ2v) is 7.91. The van der Waals surface area contributed by atoms with Crippen LogP contribution in [0.3, 0.4) is 0 Å². The normalized spacial score (nSPS) is 11.2. The van der Waals surface area contributed by atoms with Crippen molar-refractivity contribution >= 4 is 38.2 Å². The molecule has 0 aliphatic heterocycles. The quantitative estimate of drug-likeness (QED) is 0.542. The fraction of sp³-hybridized carbons (Fsp3) is 0.211. The number of sulfonamides is 1. The maximum absolute atomic E-state index is 12.8. The van der Waals surface area contributed by atoms with Crippen LogP contribution in [-0.2, 0) is 10.0 Å². The van der Waals surface area contributed by atoms with E-state index in [0.29, 0.717) is 33.8 Å². The van der Waals surface area contributed by atoms with Crippen molar-refractivity contribution in [2.24, 2.45) is 0 Å². The van der Waals surface area contributed by atoms with Gasteiger partial charge in [0.2, 0.25) is 10.0 Å². The van der Waals surface area contributed by atoms with Gasteiger partial charge in [0.25, 0.3) is 5.91 Å². The molecule has 0 aliphatic rings. The third-order valence-corrected chi connectivity index (χ3v) is 4.75. The summed E-state index contributed by atoms with van der Waals surface area (Å²) in [6, 6.07) is 9.79. The summed E-state index contributed by atoms with van der Waals surface area (Å²) in [6.07, 6.45) is 1.04. The van der Waals surface area contributed by atoms with E-state index in [1.165, 1.54) is 21.3 Å². The van der Waals surface area contributed by atoms with Crippen LogP contribution in [0.15, 0.2) is 36.4 Å². The van der Waals surface area contributed by atoms with Gasteiger partial charge in [-0.3, -0.25) is 9.52 Å². The van der Waals surface area contributed by atoms with E-state index < -0.39 is 15.9 Å². The first-order chi connectivity index (χ1) is 13.8. The second-order valence-electron chi connectivity index (χ2n) is 6.16. The van der Waals surface area contributed by atoms with Crippen molar-refractivity contribution in [3.05, 3.63) is 42.1 Å². The Bertz CT molecular complexity index is 1170. The van der Waals surface area contributed by atoms with Gasteiger partial charge < -0.3 is 24.5 Å². The molecule has 154 valence electrons. The van der Waals surface area contributed by atoms with Gasteiger partial charge in [0, 0.05) is 11.5 Å². The third kappa shape index (κ3) is 4.21. The van der Waals surface area contributed by atoms with Gasteiger partial charge in [-0.1, -0.05) is 12.1 Å². The lowest BCUT2D eigenvalue weighted by Crippen LogP contribution is -2.16. The van der Waals surface area contributed by atoms with Crippen molar-refractivity contribution < 1.29 is 27.4 Å². The van der Waals surface area contributed by atoms with Crippen molar-refractivity contribution in [1.29, 1.82) is 0 Å². The molecule has 29 heavy (non-hydrogen) atoms. The van der Waals surface area contributed by atoms with Crippen molar-refractivity contribution in [2.75, 3.05) is 37.6 Å². The van der Waals surface area contributed by atoms with Crippen LogP contribution in [0.4, 0.5) is 11.4 Å². The van der Waals surface area contributed by atoms with Gasteiger partial charge in [0.05, 0.1) is 44.5 Å². The molecule has 3 N–H and O–H groups in total. The SMILES string of the molecule is COc1cc(OC)c2cc(C(=O)Nc3ccccc3NS(C)(=O)=O)[nH]c2c1OC. The Balaban J connectivity index is 2.01. The first-order valence-corrected chi connectivity index (χ1v) is 10.4. The maximum atomic E-state index is 12.8. The minimum Gasteiger partial charge on any atom is -0.496 e. The highest BCUT2D eigenvalue weighted by molar-refractivity contribution is 7.92. The molecule has 0 saturated heterocycles. The number of carbonyl (C=O) groups excluding carboxylic acids is 1. The summed E-state index contributed by atoms with van der Waals surface area (Å²) >= 11 is 0. The van der Waals surface area contributed by atoms with E-state index in [4.69, 9.17) is 14.2 Å². The summed E-state index contributed by atoms with van der Waals surface area (Å²) in [6.45, 7) is 0. The molecule has 0 radical (unpaired) electrons. The molecule has 0 atom stereocenters. The first-order valence-electron chi connectivity index (χ1n) is 8.47. The number of amides is 1. The third-order valence-electron chi connectivity index (χ3n) is 4.16. The number of para-hydroxylation sites is 2. The van der Waals surface area contributed by atoms with Crippen molar-refractivity contribution in [2.45, 2.75) is 0 Å². The van der Waals surface area contributed by atoms with Crippen LogP contribution in [-0.4, -0.2) is 46.9 Å². The summed E-state index contributed by atoms with van der Waals surface area (Å²) in [5.74, 6) is 0.925. The number of carbonyl (C=O) groups is 1. The zero-order valence-electron chi connectivity index (χ0n) is 16.3. The Kier molecular flexibility index (Phi) is 5.55. The van der Waals surface area contributed by atoms with E-state index in [1.807, 2.05) is 0 Å². The number of hydrogen-bond donors (Lipinski definition) is 3. The molecule has 1 aromatic heterocycles. The number of nitrogens with one attached hydrogen (secondary N) is 3. The van der Waals surface area contributed by atoms with E-state index in [1.54, 1.807) is 36.4 Å². The number of fused-ring (bicyclic) bond motifs is 1. The monoisotopic (exact) mass is 419 g/mol. The highest BCUT2D eigenvalue weighted by Crippen LogP contribution is 2.41. The molecule has 1 heterocycles. The number of aromatic amines is 1. The van der Waals surface area contributed by atoms with Crippen molar-refractivity contribution in [1.82, 2.24) is 4.98 Å². The molecule has 1 amide bonds. The molecule has 0 unspecified atom stereocenters. The Labute approximate surface area is 168 Å². The topological polar surface area (TPSA) is 119 Å². The number of H-pyrrole nitrogens is 1. The summed E-state index contributed by atoms with van der Waals surface area (Å²) < 4.78 is 41.6. The highest BCUT2D eigenvalue weighted by Gasteiger charge is 2.20. The van der Waals surface area contributed by atoms with Crippen LogP contribution >= 0.6 is 0 Å². The van der Waals surface area contributed by atoms with Gasteiger partial charge in [-0.25, -0.2) is 8.42 Å². The van der Waals surface area contributed by atoms with E-state index in [-0.39, 0.29) is 11.4 Å². The average molecular weight is 419 g/mol. The van der Waals surface area contributed by atoms with E-state index in [0.717, 1.165) is 6.26 Å². The van der Waals surface area contributed by atoms with E-state index in [9.17, 15) is 13.2 Å². The largest absolute Gasteiger partial charge is 0.496 e. The second kappa shape index (κ2) is 7.92.